The van der Waals surface area contributed by atoms with Crippen LogP contribution in [-0.4, -0.2) is 41.4 Å². The highest BCUT2D eigenvalue weighted by Crippen LogP contribution is 2.39. The smallest absolute Gasteiger partial charge is 0.355 e. The van der Waals surface area contributed by atoms with E-state index in [1.165, 1.54) is 34.9 Å². The third-order valence-corrected chi connectivity index (χ3v) is 9.52. The van der Waals surface area contributed by atoms with Crippen LogP contribution in [-0.2, 0) is 22.9 Å². The average molecular weight is 653 g/mol. The van der Waals surface area contributed by atoms with E-state index in [1.807, 2.05) is 36.4 Å². The van der Waals surface area contributed by atoms with E-state index in [1.54, 1.807) is 17.9 Å². The quantitative estimate of drug-likeness (QED) is 0.179. The highest BCUT2D eigenvalue weighted by molar-refractivity contribution is 7.89. The molecule has 2 aromatic heterocycles. The number of nitrogens with two attached hydrogens (primary N) is 1. The number of halogens is 2. The number of thiazole rings is 1. The zero-order valence-electron chi connectivity index (χ0n) is 23.3. The molecule has 3 aromatic carbocycles. The van der Waals surface area contributed by atoms with Gasteiger partial charge in [-0.3, -0.25) is 0 Å². The topological polar surface area (TPSA) is 137 Å². The van der Waals surface area contributed by atoms with E-state index in [-0.39, 0.29) is 12.1 Å². The maximum atomic E-state index is 14.9. The van der Waals surface area contributed by atoms with Gasteiger partial charge in [0.25, 0.3) is 0 Å². The zero-order valence-corrected chi connectivity index (χ0v) is 25.7. The van der Waals surface area contributed by atoms with Crippen LogP contribution in [0.1, 0.15) is 40.2 Å². The van der Waals surface area contributed by atoms with Gasteiger partial charge in [0.2, 0.25) is 15.2 Å². The molecule has 0 unspecified atom stereocenters. The molecule has 2 heterocycles. The van der Waals surface area contributed by atoms with Crippen LogP contribution in [0.15, 0.2) is 70.9 Å². The highest BCUT2D eigenvalue weighted by atomic mass is 35.5. The number of carboxylic acid groups (broad SMARTS) is 1. The first-order valence-corrected chi connectivity index (χ1v) is 16.4. The lowest BCUT2D eigenvalue weighted by atomic mass is 9.95. The largest absolute Gasteiger partial charge is 0.495 e. The molecule has 0 aliphatic heterocycles. The molecule has 6 rings (SSSR count). The molecule has 13 heteroatoms. The van der Waals surface area contributed by atoms with Crippen molar-refractivity contribution in [2.75, 3.05) is 7.11 Å². The molecule has 5 aromatic rings. The van der Waals surface area contributed by atoms with Crippen molar-refractivity contribution in [3.05, 3.63) is 99.4 Å². The van der Waals surface area contributed by atoms with Gasteiger partial charge in [0.05, 0.1) is 23.5 Å². The first kappa shape index (κ1) is 29.9. The Morgan fingerprint density at radius 3 is 2.52 bits per heavy atom. The summed E-state index contributed by atoms with van der Waals surface area (Å²) >= 11 is 7.58. The minimum absolute atomic E-state index is 0.0833. The molecule has 1 fully saturated rings. The SMILES string of the molecule is COc1ccc(-c2cccc(-c3nn(-c4nc(C(=O)O)cs4)c(CC4CC4)c3Cc3ccc(S(N)(=O)=O)c(F)c3)c2)cc1Cl. The second-order valence-electron chi connectivity index (χ2n) is 10.6. The molecule has 9 nitrogen and oxygen atoms in total. The van der Waals surface area contributed by atoms with Gasteiger partial charge in [-0.15, -0.1) is 11.3 Å². The number of hydrogen-bond donors (Lipinski definition) is 2. The summed E-state index contributed by atoms with van der Waals surface area (Å²) in [7, 11) is -2.68. The van der Waals surface area contributed by atoms with Gasteiger partial charge in [0.15, 0.2) is 5.69 Å². The summed E-state index contributed by atoms with van der Waals surface area (Å²) in [5.74, 6) is -1.10. The molecule has 226 valence electrons. The van der Waals surface area contributed by atoms with Crippen LogP contribution in [0, 0.1) is 11.7 Å². The van der Waals surface area contributed by atoms with Crippen LogP contribution in [0.3, 0.4) is 0 Å². The number of rotatable bonds is 10. The Morgan fingerprint density at radius 1 is 1.14 bits per heavy atom. The molecular weight excluding hydrogens is 627 g/mol. The molecule has 3 N–H and O–H groups in total. The van der Waals surface area contributed by atoms with Crippen LogP contribution in [0.25, 0.3) is 27.5 Å². The standard InChI is InChI=1S/C31H26ClFN4O5S2/c1-42-27-9-8-20(15-23(27)32)19-3-2-4-21(14-19)29-22(11-18-7-10-28(24(33)12-18)44(34,40)41)26(13-17-5-6-17)37(36-29)31-35-25(16-43-31)30(38)39/h2-4,7-10,12,14-17H,5-6,11,13H2,1H3,(H,38,39)(H2,34,40,41). The summed E-state index contributed by atoms with van der Waals surface area (Å²) in [5.41, 5.74) is 5.21. The molecule has 1 aliphatic rings. The Bertz CT molecular complexity index is 2020. The maximum absolute atomic E-state index is 14.9. The van der Waals surface area contributed by atoms with Gasteiger partial charge in [0.1, 0.15) is 16.5 Å². The van der Waals surface area contributed by atoms with E-state index in [0.29, 0.717) is 39.5 Å². The minimum atomic E-state index is -4.23. The summed E-state index contributed by atoms with van der Waals surface area (Å²) in [6, 6.07) is 17.1. The summed E-state index contributed by atoms with van der Waals surface area (Å²) in [5, 5.41) is 22.0. The molecule has 1 aliphatic carbocycles. The first-order valence-electron chi connectivity index (χ1n) is 13.6. The Kier molecular flexibility index (Phi) is 8.01. The van der Waals surface area contributed by atoms with Gasteiger partial charge >= 0.3 is 5.97 Å². The summed E-state index contributed by atoms with van der Waals surface area (Å²) in [6.07, 6.45) is 2.98. The highest BCUT2D eigenvalue weighted by Gasteiger charge is 2.29. The van der Waals surface area contributed by atoms with Crippen LogP contribution in [0.2, 0.25) is 5.02 Å². The number of benzene rings is 3. The van der Waals surface area contributed by atoms with Gasteiger partial charge in [-0.2, -0.15) is 5.10 Å². The molecule has 1 saturated carbocycles. The Labute approximate surface area is 261 Å². The van der Waals surface area contributed by atoms with E-state index in [9.17, 15) is 22.7 Å². The molecule has 0 spiro atoms. The predicted molar refractivity (Wildman–Crippen MR) is 166 cm³/mol. The number of hydrogen-bond acceptors (Lipinski definition) is 7. The second-order valence-corrected chi connectivity index (χ2v) is 13.3. The first-order chi connectivity index (χ1) is 21.0. The number of aromatic nitrogens is 3. The zero-order chi connectivity index (χ0) is 31.2. The van der Waals surface area contributed by atoms with Gasteiger partial charge in [-0.25, -0.2) is 32.4 Å². The molecule has 0 radical (unpaired) electrons. The van der Waals surface area contributed by atoms with Crippen molar-refractivity contribution in [3.8, 4) is 33.3 Å². The fraction of sp³-hybridized carbons (Fsp3) is 0.194. The van der Waals surface area contributed by atoms with E-state index in [4.69, 9.17) is 26.6 Å². The Balaban J connectivity index is 1.52. The van der Waals surface area contributed by atoms with E-state index < -0.39 is 26.7 Å². The minimum Gasteiger partial charge on any atom is -0.495 e. The summed E-state index contributed by atoms with van der Waals surface area (Å²) in [6.45, 7) is 0. The molecule has 0 bridgehead atoms. The van der Waals surface area contributed by atoms with E-state index in [2.05, 4.69) is 4.98 Å². The van der Waals surface area contributed by atoms with Crippen LogP contribution in [0.4, 0.5) is 4.39 Å². The summed E-state index contributed by atoms with van der Waals surface area (Å²) in [4.78, 5) is 15.4. The van der Waals surface area contributed by atoms with E-state index in [0.717, 1.165) is 40.8 Å². The Morgan fingerprint density at radius 2 is 1.89 bits per heavy atom. The number of aromatic carboxylic acids is 1. The number of carboxylic acids is 1. The lowest BCUT2D eigenvalue weighted by Gasteiger charge is -2.11. The van der Waals surface area contributed by atoms with Crippen molar-refractivity contribution in [1.29, 1.82) is 0 Å². The van der Waals surface area contributed by atoms with Crippen LogP contribution in [0.5, 0.6) is 5.75 Å². The lowest BCUT2D eigenvalue weighted by molar-refractivity contribution is 0.0691. The van der Waals surface area contributed by atoms with Crippen molar-refractivity contribution < 1.29 is 27.4 Å². The Hall–Kier alpha value is -4.10. The number of ether oxygens (including phenoxy) is 1. The normalized spacial score (nSPS) is 13.3. The number of sulfonamides is 1. The number of methoxy groups -OCH3 is 1. The molecule has 0 amide bonds. The van der Waals surface area contributed by atoms with Crippen LogP contribution < -0.4 is 9.88 Å². The van der Waals surface area contributed by atoms with E-state index >= 15 is 0 Å². The van der Waals surface area contributed by atoms with Crippen molar-refractivity contribution >= 4 is 38.9 Å². The van der Waals surface area contributed by atoms with Gasteiger partial charge in [-0.1, -0.05) is 41.9 Å². The van der Waals surface area contributed by atoms with Crippen molar-refractivity contribution in [1.82, 2.24) is 14.8 Å². The number of primary sulfonamides is 1. The molecule has 44 heavy (non-hydrogen) atoms. The number of carbonyl (C=O) groups is 1. The summed E-state index contributed by atoms with van der Waals surface area (Å²) < 4.78 is 45.5. The lowest BCUT2D eigenvalue weighted by Crippen LogP contribution is -2.14. The van der Waals surface area contributed by atoms with Gasteiger partial charge in [0, 0.05) is 22.9 Å². The molecular formula is C31H26ClFN4O5S2. The average Bonchev–Trinajstić information content (AvgIpc) is 3.54. The fourth-order valence-corrected chi connectivity index (χ4v) is 6.73. The van der Waals surface area contributed by atoms with Gasteiger partial charge < -0.3 is 9.84 Å². The molecule has 0 saturated heterocycles. The third kappa shape index (κ3) is 6.11. The van der Waals surface area contributed by atoms with Crippen molar-refractivity contribution in [2.45, 2.75) is 30.6 Å². The maximum Gasteiger partial charge on any atom is 0.355 e. The van der Waals surface area contributed by atoms with Gasteiger partial charge in [-0.05, 0) is 72.2 Å². The van der Waals surface area contributed by atoms with Crippen molar-refractivity contribution in [3.63, 3.8) is 0 Å². The third-order valence-electron chi connectivity index (χ3n) is 7.47. The predicted octanol–water partition coefficient (Wildman–Crippen LogP) is 6.35. The fourth-order valence-electron chi connectivity index (χ4n) is 5.11. The van der Waals surface area contributed by atoms with Crippen LogP contribution >= 0.6 is 22.9 Å². The monoisotopic (exact) mass is 652 g/mol. The second kappa shape index (κ2) is 11.8. The molecule has 0 atom stereocenters. The number of nitrogens with zero attached hydrogens (tertiary/aromatic N) is 3. The van der Waals surface area contributed by atoms with Crippen molar-refractivity contribution in [2.24, 2.45) is 11.1 Å².